The number of esters is 1. The second-order valence-corrected chi connectivity index (χ2v) is 10.6. The number of halogens is 2. The molecule has 1 saturated heterocycles. The van der Waals surface area contributed by atoms with E-state index in [1.807, 2.05) is 30.3 Å². The van der Waals surface area contributed by atoms with Gasteiger partial charge in [-0.25, -0.2) is 4.79 Å². The highest BCUT2D eigenvalue weighted by Gasteiger charge is 2.42. The minimum Gasteiger partial charge on any atom is -0.433 e. The molecule has 2 aromatic carbocycles. The molecule has 4 rings (SSSR count). The molecule has 2 heterocycles. The Morgan fingerprint density at radius 2 is 1.94 bits per heavy atom. The average molecular weight is 536 g/mol. The Kier molecular flexibility index (Phi) is 8.12. The van der Waals surface area contributed by atoms with Crippen molar-refractivity contribution in [2.24, 2.45) is 5.92 Å². The first-order valence-corrected chi connectivity index (χ1v) is 12.7. The maximum atomic E-state index is 12.3. The smallest absolute Gasteiger partial charge is 0.319 e. The summed E-state index contributed by atoms with van der Waals surface area (Å²) in [6.07, 6.45) is -0.417. The number of urea groups is 1. The van der Waals surface area contributed by atoms with Gasteiger partial charge in [0.1, 0.15) is 5.92 Å². The van der Waals surface area contributed by atoms with Gasteiger partial charge < -0.3 is 30.1 Å². The van der Waals surface area contributed by atoms with Crippen LogP contribution >= 0.6 is 23.2 Å². The van der Waals surface area contributed by atoms with Gasteiger partial charge in [0, 0.05) is 55.1 Å². The third kappa shape index (κ3) is 6.30. The van der Waals surface area contributed by atoms with Crippen LogP contribution in [0.3, 0.4) is 0 Å². The Bertz CT molecular complexity index is 1130. The van der Waals surface area contributed by atoms with Gasteiger partial charge in [0.15, 0.2) is 6.29 Å². The number of ether oxygens (including phenoxy) is 2. The first kappa shape index (κ1) is 26.7. The van der Waals surface area contributed by atoms with Crippen LogP contribution in [0.1, 0.15) is 49.3 Å². The number of hydrogen-bond acceptors (Lipinski definition) is 6. The monoisotopic (exact) mass is 535 g/mol. The number of carbonyl (C=O) groups is 2. The van der Waals surface area contributed by atoms with Crippen LogP contribution < -0.4 is 10.6 Å². The Balaban J connectivity index is 1.29. The van der Waals surface area contributed by atoms with E-state index in [4.69, 9.17) is 32.7 Å². The van der Waals surface area contributed by atoms with Gasteiger partial charge in [-0.3, -0.25) is 4.79 Å². The summed E-state index contributed by atoms with van der Waals surface area (Å²) in [5, 5.41) is 16.9. The van der Waals surface area contributed by atoms with E-state index in [1.54, 1.807) is 19.9 Å². The molecule has 36 heavy (non-hydrogen) atoms. The number of aliphatic hydroxyl groups is 1. The van der Waals surface area contributed by atoms with Crippen molar-refractivity contribution in [3.8, 4) is 0 Å². The fourth-order valence-corrected chi connectivity index (χ4v) is 5.29. The average Bonchev–Trinajstić information content (AvgIpc) is 2.78. The molecule has 3 atom stereocenters. The molecule has 0 spiro atoms. The number of anilines is 1. The summed E-state index contributed by atoms with van der Waals surface area (Å²) in [6, 6.07) is 11.1. The molecule has 0 aliphatic carbocycles. The topological polar surface area (TPSA) is 100 Å². The molecule has 2 aliphatic rings. The summed E-state index contributed by atoms with van der Waals surface area (Å²) in [5.74, 6) is -2.30. The number of carbonyl (C=O) groups excluding carboxylic acids is 2. The van der Waals surface area contributed by atoms with E-state index in [0.717, 1.165) is 29.8 Å². The highest BCUT2D eigenvalue weighted by atomic mass is 35.5. The van der Waals surface area contributed by atoms with Crippen molar-refractivity contribution in [1.82, 2.24) is 10.2 Å². The van der Waals surface area contributed by atoms with Crippen LogP contribution in [-0.4, -0.2) is 54.2 Å². The lowest BCUT2D eigenvalue weighted by atomic mass is 9.85. The number of rotatable bonds is 6. The van der Waals surface area contributed by atoms with E-state index in [0.29, 0.717) is 35.1 Å². The summed E-state index contributed by atoms with van der Waals surface area (Å²) in [5.41, 5.74) is 3.98. The van der Waals surface area contributed by atoms with Crippen LogP contribution in [0, 0.1) is 5.92 Å². The lowest BCUT2D eigenvalue weighted by Crippen LogP contribution is -2.48. The summed E-state index contributed by atoms with van der Waals surface area (Å²) in [6.45, 7) is 5.08. The highest BCUT2D eigenvalue weighted by Crippen LogP contribution is 2.38. The van der Waals surface area contributed by atoms with Gasteiger partial charge >= 0.3 is 12.0 Å². The fourth-order valence-electron chi connectivity index (χ4n) is 4.72. The predicted octanol–water partition coefficient (Wildman–Crippen LogP) is 4.72. The third-order valence-corrected chi connectivity index (χ3v) is 6.99. The third-order valence-electron chi connectivity index (χ3n) is 6.44. The molecule has 0 aromatic heterocycles. The Morgan fingerprint density at radius 3 is 2.64 bits per heavy atom. The largest absolute Gasteiger partial charge is 0.433 e. The number of nitrogens with one attached hydrogen (secondary N) is 2. The molecule has 2 amide bonds. The van der Waals surface area contributed by atoms with Crippen molar-refractivity contribution in [1.29, 1.82) is 0 Å². The van der Waals surface area contributed by atoms with Crippen LogP contribution in [0.4, 0.5) is 10.5 Å². The molecular formula is C26H31Cl2N3O5. The van der Waals surface area contributed by atoms with E-state index in [1.165, 1.54) is 0 Å². The molecule has 0 radical (unpaired) electrons. The standard InChI is InChI=1S/C26H31Cl2N3O5/c1-26(2)35-23(32)18(24(33)36-26)5-4-10-29-25(34)30-17-8-6-15(7-9-17)20-13-31(3)14-21-19(20)11-16(27)12-22(21)28/h6-9,11-12,18,20,23,32H,4-5,10,13-14H2,1-3H3,(H2,29,30,34). The fraction of sp³-hybridized carbons (Fsp3) is 0.462. The first-order chi connectivity index (χ1) is 17.0. The van der Waals surface area contributed by atoms with Crippen molar-refractivity contribution in [2.75, 3.05) is 25.5 Å². The number of amides is 2. The lowest BCUT2D eigenvalue weighted by molar-refractivity contribution is -0.315. The quantitative estimate of drug-likeness (QED) is 0.365. The Hall–Kier alpha value is -2.36. The van der Waals surface area contributed by atoms with Crippen LogP contribution in [0.25, 0.3) is 0 Å². The van der Waals surface area contributed by atoms with Gasteiger partial charge in [-0.2, -0.15) is 0 Å². The molecule has 10 heteroatoms. The molecule has 8 nitrogen and oxygen atoms in total. The molecule has 0 saturated carbocycles. The van der Waals surface area contributed by atoms with Crippen LogP contribution in [-0.2, 0) is 20.8 Å². The Morgan fingerprint density at radius 1 is 1.22 bits per heavy atom. The maximum absolute atomic E-state index is 12.3. The van der Waals surface area contributed by atoms with E-state index in [9.17, 15) is 14.7 Å². The maximum Gasteiger partial charge on any atom is 0.319 e. The van der Waals surface area contributed by atoms with Gasteiger partial charge in [0.05, 0.1) is 0 Å². The van der Waals surface area contributed by atoms with Crippen LogP contribution in [0.15, 0.2) is 36.4 Å². The van der Waals surface area contributed by atoms with Gasteiger partial charge in [0.2, 0.25) is 5.79 Å². The van der Waals surface area contributed by atoms with Crippen molar-refractivity contribution in [3.63, 3.8) is 0 Å². The number of cyclic esters (lactones) is 1. The zero-order chi connectivity index (χ0) is 26.0. The van der Waals surface area contributed by atoms with Gasteiger partial charge in [-0.15, -0.1) is 0 Å². The summed E-state index contributed by atoms with van der Waals surface area (Å²) < 4.78 is 10.5. The van der Waals surface area contributed by atoms with E-state index < -0.39 is 24.0 Å². The summed E-state index contributed by atoms with van der Waals surface area (Å²) >= 11 is 12.7. The number of nitrogens with zero attached hydrogens (tertiary/aromatic N) is 1. The predicted molar refractivity (Wildman–Crippen MR) is 138 cm³/mol. The molecule has 194 valence electrons. The molecule has 2 aromatic rings. The first-order valence-electron chi connectivity index (χ1n) is 11.9. The van der Waals surface area contributed by atoms with Crippen molar-refractivity contribution in [3.05, 3.63) is 63.1 Å². The molecule has 2 aliphatic heterocycles. The minimum atomic E-state index is -1.23. The zero-order valence-electron chi connectivity index (χ0n) is 20.5. The molecule has 0 bridgehead atoms. The number of likely N-dealkylation sites (N-methyl/N-ethyl adjacent to an activating group) is 1. The van der Waals surface area contributed by atoms with Gasteiger partial charge in [0.25, 0.3) is 0 Å². The van der Waals surface area contributed by atoms with Crippen LogP contribution in [0.5, 0.6) is 0 Å². The molecular weight excluding hydrogens is 505 g/mol. The normalized spacial score (nSPS) is 23.5. The summed E-state index contributed by atoms with van der Waals surface area (Å²) in [4.78, 5) is 26.6. The highest BCUT2D eigenvalue weighted by molar-refractivity contribution is 6.35. The number of fused-ring (bicyclic) bond motifs is 1. The van der Waals surface area contributed by atoms with Crippen molar-refractivity contribution < 1.29 is 24.2 Å². The molecule has 3 N–H and O–H groups in total. The number of benzene rings is 2. The van der Waals surface area contributed by atoms with Gasteiger partial charge in [-0.05, 0) is 60.8 Å². The molecule has 1 fully saturated rings. The lowest BCUT2D eigenvalue weighted by Gasteiger charge is -2.37. The van der Waals surface area contributed by atoms with E-state index in [-0.39, 0.29) is 11.9 Å². The number of aliphatic hydroxyl groups excluding tert-OH is 1. The SMILES string of the molecule is CN1Cc2c(Cl)cc(Cl)cc2C(c2ccc(NC(=O)NCCCC3C(=O)OC(C)(C)OC3O)cc2)C1. The van der Waals surface area contributed by atoms with Crippen molar-refractivity contribution in [2.45, 2.75) is 51.2 Å². The second-order valence-electron chi connectivity index (χ2n) is 9.79. The second kappa shape index (κ2) is 10.9. The number of hydrogen-bond donors (Lipinski definition) is 3. The van der Waals surface area contributed by atoms with Crippen LogP contribution in [0.2, 0.25) is 10.0 Å². The zero-order valence-corrected chi connectivity index (χ0v) is 22.0. The van der Waals surface area contributed by atoms with E-state index >= 15 is 0 Å². The van der Waals surface area contributed by atoms with Gasteiger partial charge in [-0.1, -0.05) is 35.3 Å². The minimum absolute atomic E-state index is 0.120. The summed E-state index contributed by atoms with van der Waals surface area (Å²) in [7, 11) is 2.06. The van der Waals surface area contributed by atoms with E-state index in [2.05, 4.69) is 22.6 Å². The van der Waals surface area contributed by atoms with Crippen molar-refractivity contribution >= 4 is 40.9 Å². The molecule has 3 unspecified atom stereocenters. The Labute approximate surface area is 220 Å².